The molecule has 0 aliphatic heterocycles. The lowest BCUT2D eigenvalue weighted by Gasteiger charge is -2.10. The van der Waals surface area contributed by atoms with Gasteiger partial charge in [-0.1, -0.05) is 11.6 Å². The molecule has 3 aromatic rings. The molecule has 164 valence electrons. The lowest BCUT2D eigenvalue weighted by Crippen LogP contribution is -2.31. The second kappa shape index (κ2) is 8.19. The van der Waals surface area contributed by atoms with Gasteiger partial charge in [0, 0.05) is 0 Å². The lowest BCUT2D eigenvalue weighted by molar-refractivity contribution is -0.274. The van der Waals surface area contributed by atoms with Gasteiger partial charge in [0.1, 0.15) is 22.3 Å². The third-order valence-corrected chi connectivity index (χ3v) is 5.59. The minimum absolute atomic E-state index is 0.0935. The van der Waals surface area contributed by atoms with Gasteiger partial charge in [-0.3, -0.25) is 4.79 Å². The number of hydrogen-bond acceptors (Lipinski definition) is 5. The summed E-state index contributed by atoms with van der Waals surface area (Å²) in [6, 6.07) is 8.28. The topological polar surface area (TPSA) is 90.3 Å². The zero-order valence-electron chi connectivity index (χ0n) is 15.4. The highest BCUT2D eigenvalue weighted by Crippen LogP contribution is 2.26. The molecule has 0 bridgehead atoms. The summed E-state index contributed by atoms with van der Waals surface area (Å²) in [5.41, 5.74) is 0.180. The van der Waals surface area contributed by atoms with Gasteiger partial charge < -0.3 is 4.74 Å². The van der Waals surface area contributed by atoms with Crippen LogP contribution in [0.1, 0.15) is 16.1 Å². The van der Waals surface area contributed by atoms with E-state index in [1.165, 1.54) is 19.1 Å². The maximum atomic E-state index is 13.1. The number of alkyl halides is 3. The van der Waals surface area contributed by atoms with Crippen molar-refractivity contribution < 1.29 is 35.5 Å². The van der Waals surface area contributed by atoms with Crippen LogP contribution < -0.4 is 9.46 Å². The van der Waals surface area contributed by atoms with Crippen LogP contribution in [0.2, 0.25) is 5.15 Å². The molecule has 0 radical (unpaired) electrons. The fourth-order valence-corrected chi connectivity index (χ4v) is 3.88. The van der Waals surface area contributed by atoms with Gasteiger partial charge >= 0.3 is 6.36 Å². The van der Waals surface area contributed by atoms with Gasteiger partial charge in [0.25, 0.3) is 15.9 Å². The Kier molecular flexibility index (Phi) is 5.96. The summed E-state index contributed by atoms with van der Waals surface area (Å²) in [6.45, 7) is 1.41. The predicted octanol–water partition coefficient (Wildman–Crippen LogP) is 3.99. The number of aromatic nitrogens is 2. The molecule has 2 aromatic carbocycles. The van der Waals surface area contributed by atoms with Crippen molar-refractivity contribution in [3.63, 3.8) is 0 Å². The Labute approximate surface area is 178 Å². The van der Waals surface area contributed by atoms with Crippen LogP contribution in [0.3, 0.4) is 0 Å². The number of rotatable bonds is 5. The SMILES string of the molecule is Cc1nn(-c2ccc(F)cc2)c(Cl)c1C(=O)NS(=O)(=O)c1ccc(OC(F)(F)F)cc1. The summed E-state index contributed by atoms with van der Waals surface area (Å²) in [4.78, 5) is 12.1. The molecule has 7 nitrogen and oxygen atoms in total. The van der Waals surface area contributed by atoms with Crippen molar-refractivity contribution in [2.45, 2.75) is 18.2 Å². The Balaban J connectivity index is 1.84. The first-order chi connectivity index (χ1) is 14.4. The molecule has 0 spiro atoms. The molecule has 0 aliphatic rings. The van der Waals surface area contributed by atoms with Crippen molar-refractivity contribution >= 4 is 27.5 Å². The Morgan fingerprint density at radius 2 is 1.68 bits per heavy atom. The molecule has 0 saturated heterocycles. The fraction of sp³-hybridized carbons (Fsp3) is 0.111. The second-order valence-electron chi connectivity index (χ2n) is 6.09. The highest BCUT2D eigenvalue weighted by atomic mass is 35.5. The zero-order chi connectivity index (χ0) is 23.0. The van der Waals surface area contributed by atoms with Gasteiger partial charge in [-0.25, -0.2) is 22.2 Å². The van der Waals surface area contributed by atoms with Gasteiger partial charge in [-0.05, 0) is 55.5 Å². The van der Waals surface area contributed by atoms with Crippen LogP contribution in [0.25, 0.3) is 5.69 Å². The first-order valence-electron chi connectivity index (χ1n) is 8.31. The molecule has 0 saturated carbocycles. The number of hydrogen-bond donors (Lipinski definition) is 1. The van der Waals surface area contributed by atoms with E-state index in [9.17, 15) is 30.8 Å². The van der Waals surface area contributed by atoms with Gasteiger partial charge in [-0.15, -0.1) is 13.2 Å². The van der Waals surface area contributed by atoms with Gasteiger partial charge in [-0.2, -0.15) is 5.10 Å². The van der Waals surface area contributed by atoms with Crippen molar-refractivity contribution in [3.05, 3.63) is 70.8 Å². The smallest absolute Gasteiger partial charge is 0.406 e. The summed E-state index contributed by atoms with van der Waals surface area (Å²) in [7, 11) is -4.44. The third-order valence-electron chi connectivity index (χ3n) is 3.90. The number of nitrogens with zero attached hydrogens (tertiary/aromatic N) is 2. The minimum atomic E-state index is -4.94. The molecule has 0 fully saturated rings. The van der Waals surface area contributed by atoms with Crippen molar-refractivity contribution in [1.29, 1.82) is 0 Å². The Morgan fingerprint density at radius 1 is 1.10 bits per heavy atom. The molecule has 1 heterocycles. The zero-order valence-corrected chi connectivity index (χ0v) is 17.0. The van der Waals surface area contributed by atoms with E-state index in [-0.39, 0.29) is 16.4 Å². The molecule has 0 unspecified atom stereocenters. The quantitative estimate of drug-likeness (QED) is 0.561. The molecule has 0 aliphatic carbocycles. The Bertz CT molecular complexity index is 1220. The maximum Gasteiger partial charge on any atom is 0.573 e. The molecule has 1 N–H and O–H groups in total. The standard InChI is InChI=1S/C18H12ClF4N3O4S/c1-10-15(16(19)26(24-10)12-4-2-11(20)3-5-12)17(27)25-31(28,29)14-8-6-13(7-9-14)30-18(21,22)23/h2-9H,1H3,(H,25,27). The van der Waals surface area contributed by atoms with Crippen molar-refractivity contribution in [1.82, 2.24) is 14.5 Å². The van der Waals surface area contributed by atoms with E-state index in [1.807, 2.05) is 0 Å². The van der Waals surface area contributed by atoms with Gasteiger partial charge in [0.15, 0.2) is 0 Å². The van der Waals surface area contributed by atoms with Gasteiger partial charge in [0.2, 0.25) is 0 Å². The highest BCUT2D eigenvalue weighted by Gasteiger charge is 2.31. The highest BCUT2D eigenvalue weighted by molar-refractivity contribution is 7.90. The molecular formula is C18H12ClF4N3O4S. The Hall–Kier alpha value is -3.12. The van der Waals surface area contributed by atoms with Crippen molar-refractivity contribution in [2.75, 3.05) is 0 Å². The summed E-state index contributed by atoms with van der Waals surface area (Å²) < 4.78 is 81.2. The molecule has 3 rings (SSSR count). The first kappa shape index (κ1) is 22.6. The van der Waals surface area contributed by atoms with Crippen LogP contribution in [-0.4, -0.2) is 30.5 Å². The average molecular weight is 478 g/mol. The van der Waals surface area contributed by atoms with E-state index in [2.05, 4.69) is 9.84 Å². The number of benzene rings is 2. The number of halogens is 5. The fourth-order valence-electron chi connectivity index (χ4n) is 2.56. The normalized spacial score (nSPS) is 11.9. The third kappa shape index (κ3) is 5.14. The van der Waals surface area contributed by atoms with E-state index >= 15 is 0 Å². The molecule has 13 heteroatoms. The monoisotopic (exact) mass is 477 g/mol. The summed E-state index contributed by atoms with van der Waals surface area (Å²) in [5.74, 6) is -2.23. The van der Waals surface area contributed by atoms with Crippen LogP contribution >= 0.6 is 11.6 Å². The van der Waals surface area contributed by atoms with E-state index in [4.69, 9.17) is 11.6 Å². The van der Waals surface area contributed by atoms with Crippen LogP contribution in [0.5, 0.6) is 5.75 Å². The van der Waals surface area contributed by atoms with Crippen LogP contribution in [0.4, 0.5) is 17.6 Å². The van der Waals surface area contributed by atoms with Crippen molar-refractivity contribution in [3.8, 4) is 11.4 Å². The number of carbonyl (C=O) groups is 1. The number of sulfonamides is 1. The predicted molar refractivity (Wildman–Crippen MR) is 101 cm³/mol. The minimum Gasteiger partial charge on any atom is -0.406 e. The van der Waals surface area contributed by atoms with Gasteiger partial charge in [0.05, 0.1) is 16.3 Å². The summed E-state index contributed by atoms with van der Waals surface area (Å²) in [6.07, 6.45) is -4.94. The van der Waals surface area contributed by atoms with Crippen LogP contribution in [-0.2, 0) is 10.0 Å². The van der Waals surface area contributed by atoms with Crippen LogP contribution in [0.15, 0.2) is 53.4 Å². The van der Waals surface area contributed by atoms with E-state index in [1.54, 1.807) is 4.72 Å². The first-order valence-corrected chi connectivity index (χ1v) is 10.2. The molecule has 31 heavy (non-hydrogen) atoms. The Morgan fingerprint density at radius 3 is 2.23 bits per heavy atom. The van der Waals surface area contributed by atoms with E-state index in [0.29, 0.717) is 5.69 Å². The molecule has 1 aromatic heterocycles. The summed E-state index contributed by atoms with van der Waals surface area (Å²) >= 11 is 6.18. The molecular weight excluding hydrogens is 466 g/mol. The number of aryl methyl sites for hydroxylation is 1. The lowest BCUT2D eigenvalue weighted by atomic mass is 10.2. The second-order valence-corrected chi connectivity index (χ2v) is 8.13. The maximum absolute atomic E-state index is 13.1. The molecule has 0 atom stereocenters. The average Bonchev–Trinajstić information content (AvgIpc) is 2.95. The largest absolute Gasteiger partial charge is 0.573 e. The van der Waals surface area contributed by atoms with Crippen LogP contribution in [0, 0.1) is 12.7 Å². The number of ether oxygens (including phenoxy) is 1. The van der Waals surface area contributed by atoms with E-state index in [0.717, 1.165) is 41.1 Å². The number of amides is 1. The number of nitrogens with one attached hydrogen (secondary N) is 1. The molecule has 1 amide bonds. The van der Waals surface area contributed by atoms with Crippen molar-refractivity contribution in [2.24, 2.45) is 0 Å². The van der Waals surface area contributed by atoms with E-state index < -0.39 is 38.8 Å². The number of carbonyl (C=O) groups excluding carboxylic acids is 1. The summed E-state index contributed by atoms with van der Waals surface area (Å²) in [5, 5.41) is 3.85.